The van der Waals surface area contributed by atoms with Crippen LogP contribution in [0.25, 0.3) is 0 Å². The molecule has 0 radical (unpaired) electrons. The summed E-state index contributed by atoms with van der Waals surface area (Å²) in [5.74, 6) is -0.829. The van der Waals surface area contributed by atoms with Crippen LogP contribution in [-0.4, -0.2) is 39.8 Å². The summed E-state index contributed by atoms with van der Waals surface area (Å²) in [5.41, 5.74) is 3.99. The van der Waals surface area contributed by atoms with Gasteiger partial charge in [0.1, 0.15) is 6.04 Å². The quantitative estimate of drug-likeness (QED) is 0.855. The first kappa shape index (κ1) is 15.3. The molecule has 1 atom stereocenters. The Balaban J connectivity index is 2.10. The molecule has 0 fully saturated rings. The monoisotopic (exact) mass is 287 g/mol. The summed E-state index contributed by atoms with van der Waals surface area (Å²) in [6.45, 7) is 4.61. The van der Waals surface area contributed by atoms with E-state index in [2.05, 4.69) is 10.2 Å². The highest BCUT2D eigenvalue weighted by Gasteiger charge is 2.24. The van der Waals surface area contributed by atoms with Gasteiger partial charge < -0.3 is 5.11 Å². The predicted octanol–water partition coefficient (Wildman–Crippen LogP) is 2.33. The molecule has 21 heavy (non-hydrogen) atoms. The van der Waals surface area contributed by atoms with E-state index in [0.29, 0.717) is 6.54 Å². The first-order valence-corrected chi connectivity index (χ1v) is 6.99. The number of carbonyl (C=O) groups is 1. The van der Waals surface area contributed by atoms with Gasteiger partial charge in [-0.25, -0.2) is 0 Å². The maximum absolute atomic E-state index is 11.6. The van der Waals surface area contributed by atoms with Gasteiger partial charge in [-0.15, -0.1) is 0 Å². The Morgan fingerprint density at radius 1 is 1.33 bits per heavy atom. The third kappa shape index (κ3) is 3.49. The van der Waals surface area contributed by atoms with Gasteiger partial charge >= 0.3 is 5.97 Å². The highest BCUT2D eigenvalue weighted by atomic mass is 16.4. The zero-order valence-electron chi connectivity index (χ0n) is 12.6. The fourth-order valence-corrected chi connectivity index (χ4v) is 2.58. The van der Waals surface area contributed by atoms with Crippen LogP contribution < -0.4 is 0 Å². The highest BCUT2D eigenvalue weighted by Crippen LogP contribution is 2.20. The standard InChI is InChI=1S/C16H21N3O2/c1-11-14(12(2)18-17-11)9-10-19(3)15(16(20)21)13-7-5-4-6-8-13/h4-8,15H,9-10H2,1-3H3,(H,17,18)(H,20,21)/t15-/m0/s1. The fraction of sp³-hybridized carbons (Fsp3) is 0.375. The van der Waals surface area contributed by atoms with Crippen molar-refractivity contribution in [3.05, 3.63) is 52.8 Å². The van der Waals surface area contributed by atoms with Crippen molar-refractivity contribution >= 4 is 5.97 Å². The molecule has 2 N–H and O–H groups in total. The maximum Gasteiger partial charge on any atom is 0.325 e. The topological polar surface area (TPSA) is 69.2 Å². The summed E-state index contributed by atoms with van der Waals surface area (Å²) < 4.78 is 0. The Labute approximate surface area is 124 Å². The molecule has 1 heterocycles. The van der Waals surface area contributed by atoms with E-state index in [1.54, 1.807) is 0 Å². The number of nitrogens with one attached hydrogen (secondary N) is 1. The summed E-state index contributed by atoms with van der Waals surface area (Å²) in [4.78, 5) is 13.4. The van der Waals surface area contributed by atoms with Crippen LogP contribution in [0.4, 0.5) is 0 Å². The number of carboxylic acids is 1. The number of likely N-dealkylation sites (N-methyl/N-ethyl adjacent to an activating group) is 1. The molecule has 0 amide bonds. The molecule has 0 aliphatic carbocycles. The molecule has 0 aliphatic heterocycles. The van der Waals surface area contributed by atoms with Crippen LogP contribution in [0.1, 0.15) is 28.6 Å². The Bertz CT molecular complexity index is 588. The van der Waals surface area contributed by atoms with E-state index in [4.69, 9.17) is 0 Å². The first-order chi connectivity index (χ1) is 10.0. The summed E-state index contributed by atoms with van der Waals surface area (Å²) in [6, 6.07) is 8.69. The van der Waals surface area contributed by atoms with Crippen LogP contribution in [-0.2, 0) is 11.2 Å². The van der Waals surface area contributed by atoms with Crippen LogP contribution in [0.2, 0.25) is 0 Å². The Morgan fingerprint density at radius 2 is 2.00 bits per heavy atom. The number of nitrogens with zero attached hydrogens (tertiary/aromatic N) is 2. The first-order valence-electron chi connectivity index (χ1n) is 6.99. The van der Waals surface area contributed by atoms with Gasteiger partial charge in [0.05, 0.1) is 5.69 Å². The molecule has 0 saturated carbocycles. The molecule has 0 unspecified atom stereocenters. The lowest BCUT2D eigenvalue weighted by atomic mass is 10.0. The predicted molar refractivity (Wildman–Crippen MR) is 81.2 cm³/mol. The Kier molecular flexibility index (Phi) is 4.75. The molecule has 0 spiro atoms. The Hall–Kier alpha value is -2.14. The molecule has 0 bridgehead atoms. The van der Waals surface area contributed by atoms with E-state index in [1.165, 1.54) is 5.56 Å². The number of carboxylic acid groups (broad SMARTS) is 1. The zero-order chi connectivity index (χ0) is 15.4. The van der Waals surface area contributed by atoms with E-state index < -0.39 is 12.0 Å². The van der Waals surface area contributed by atoms with Gasteiger partial charge in [0.2, 0.25) is 0 Å². The van der Waals surface area contributed by atoms with Crippen molar-refractivity contribution in [3.8, 4) is 0 Å². The molecule has 5 nitrogen and oxygen atoms in total. The molecule has 1 aromatic carbocycles. The molecule has 112 valence electrons. The number of aromatic amines is 1. The number of hydrogen-bond acceptors (Lipinski definition) is 3. The molecular weight excluding hydrogens is 266 g/mol. The molecule has 5 heteroatoms. The molecule has 0 saturated heterocycles. The lowest BCUT2D eigenvalue weighted by molar-refractivity contribution is -0.143. The van der Waals surface area contributed by atoms with Crippen molar-refractivity contribution in [2.24, 2.45) is 0 Å². The summed E-state index contributed by atoms with van der Waals surface area (Å²) >= 11 is 0. The third-order valence-corrected chi connectivity index (χ3v) is 3.79. The lowest BCUT2D eigenvalue weighted by Crippen LogP contribution is -2.32. The number of benzene rings is 1. The zero-order valence-corrected chi connectivity index (χ0v) is 12.6. The molecule has 2 aromatic rings. The van der Waals surface area contributed by atoms with Crippen LogP contribution >= 0.6 is 0 Å². The van der Waals surface area contributed by atoms with Gasteiger partial charge in [-0.1, -0.05) is 30.3 Å². The molecular formula is C16H21N3O2. The van der Waals surface area contributed by atoms with E-state index in [0.717, 1.165) is 23.4 Å². The average molecular weight is 287 g/mol. The lowest BCUT2D eigenvalue weighted by Gasteiger charge is -2.25. The van der Waals surface area contributed by atoms with E-state index >= 15 is 0 Å². The Morgan fingerprint density at radius 3 is 2.52 bits per heavy atom. The molecule has 0 aliphatic rings. The molecule has 1 aromatic heterocycles. The number of rotatable bonds is 6. The summed E-state index contributed by atoms with van der Waals surface area (Å²) in [6.07, 6.45) is 0.779. The van der Waals surface area contributed by atoms with Crippen LogP contribution in [0.15, 0.2) is 30.3 Å². The third-order valence-electron chi connectivity index (χ3n) is 3.79. The van der Waals surface area contributed by atoms with E-state index in [-0.39, 0.29) is 0 Å². The normalized spacial score (nSPS) is 12.6. The largest absolute Gasteiger partial charge is 0.480 e. The van der Waals surface area contributed by atoms with Gasteiger partial charge in [-0.2, -0.15) is 5.10 Å². The van der Waals surface area contributed by atoms with Crippen LogP contribution in [0.5, 0.6) is 0 Å². The van der Waals surface area contributed by atoms with E-state index in [1.807, 2.05) is 56.1 Å². The minimum Gasteiger partial charge on any atom is -0.480 e. The number of H-pyrrole nitrogens is 1. The number of aromatic nitrogens is 2. The molecule has 2 rings (SSSR count). The second kappa shape index (κ2) is 6.54. The smallest absolute Gasteiger partial charge is 0.325 e. The number of hydrogen-bond donors (Lipinski definition) is 2. The fourth-order valence-electron chi connectivity index (χ4n) is 2.58. The van der Waals surface area contributed by atoms with Crippen LogP contribution in [0.3, 0.4) is 0 Å². The van der Waals surface area contributed by atoms with Crippen molar-refractivity contribution in [3.63, 3.8) is 0 Å². The van der Waals surface area contributed by atoms with Crippen molar-refractivity contribution in [2.45, 2.75) is 26.3 Å². The minimum absolute atomic E-state index is 0.626. The average Bonchev–Trinajstić information content (AvgIpc) is 2.77. The number of aliphatic carboxylic acids is 1. The van der Waals surface area contributed by atoms with Crippen molar-refractivity contribution in [1.29, 1.82) is 0 Å². The van der Waals surface area contributed by atoms with Crippen LogP contribution in [0, 0.1) is 13.8 Å². The number of aryl methyl sites for hydroxylation is 2. The van der Waals surface area contributed by atoms with Gasteiger partial charge in [0.25, 0.3) is 0 Å². The van der Waals surface area contributed by atoms with E-state index in [9.17, 15) is 9.90 Å². The maximum atomic E-state index is 11.6. The van der Waals surface area contributed by atoms with Crippen molar-refractivity contribution in [2.75, 3.05) is 13.6 Å². The summed E-state index contributed by atoms with van der Waals surface area (Å²) in [7, 11) is 1.84. The second-order valence-corrected chi connectivity index (χ2v) is 5.29. The van der Waals surface area contributed by atoms with Crippen molar-refractivity contribution < 1.29 is 9.90 Å². The van der Waals surface area contributed by atoms with Gasteiger partial charge in [0, 0.05) is 12.2 Å². The van der Waals surface area contributed by atoms with Gasteiger partial charge in [-0.3, -0.25) is 14.8 Å². The van der Waals surface area contributed by atoms with Gasteiger partial charge in [-0.05, 0) is 38.4 Å². The highest BCUT2D eigenvalue weighted by molar-refractivity contribution is 5.75. The second-order valence-electron chi connectivity index (χ2n) is 5.29. The SMILES string of the molecule is Cc1n[nH]c(C)c1CCN(C)[C@H](C(=O)O)c1ccccc1. The minimum atomic E-state index is -0.829. The van der Waals surface area contributed by atoms with Crippen molar-refractivity contribution in [1.82, 2.24) is 15.1 Å². The van der Waals surface area contributed by atoms with Gasteiger partial charge in [0.15, 0.2) is 0 Å². The summed E-state index contributed by atoms with van der Waals surface area (Å²) in [5, 5.41) is 16.6.